The van der Waals surface area contributed by atoms with Crippen molar-refractivity contribution >= 4 is 40.1 Å². The zero-order valence-corrected chi connectivity index (χ0v) is 14.5. The van der Waals surface area contributed by atoms with Gasteiger partial charge in [0.2, 0.25) is 0 Å². The number of benzene rings is 1. The van der Waals surface area contributed by atoms with Gasteiger partial charge in [-0.25, -0.2) is 0 Å². The minimum absolute atomic E-state index is 0.184. The molecule has 1 aromatic carbocycles. The minimum Gasteiger partial charge on any atom is -0.458 e. The van der Waals surface area contributed by atoms with Crippen LogP contribution in [0.15, 0.2) is 41.0 Å². The van der Waals surface area contributed by atoms with Crippen LogP contribution in [0.4, 0.5) is 0 Å². The average molecular weight is 420 g/mol. The van der Waals surface area contributed by atoms with Crippen LogP contribution < -0.4 is 5.32 Å². The highest BCUT2D eigenvalue weighted by atomic mass is 127. The van der Waals surface area contributed by atoms with Gasteiger partial charge in [0.15, 0.2) is 3.77 Å². The largest absolute Gasteiger partial charge is 0.458 e. The molecule has 0 aliphatic heterocycles. The van der Waals surface area contributed by atoms with E-state index in [1.165, 1.54) is 6.26 Å². The molecule has 2 aromatic rings. The summed E-state index contributed by atoms with van der Waals surface area (Å²) in [5.41, 5.74) is 1.48. The minimum atomic E-state index is -0.254. The van der Waals surface area contributed by atoms with Crippen molar-refractivity contribution in [2.45, 2.75) is 19.1 Å². The second kappa shape index (κ2) is 7.29. The molecule has 6 heteroatoms. The quantitative estimate of drug-likeness (QED) is 0.744. The Kier molecular flexibility index (Phi) is 5.66. The summed E-state index contributed by atoms with van der Waals surface area (Å²) < 4.78 is 11.2. The number of hydrogen-bond donors (Lipinski definition) is 1. The maximum atomic E-state index is 12.2. The van der Waals surface area contributed by atoms with Gasteiger partial charge in [0, 0.05) is 34.7 Å². The molecule has 0 aliphatic carbocycles. The van der Waals surface area contributed by atoms with Gasteiger partial charge in [0.25, 0.3) is 5.91 Å². The lowest BCUT2D eigenvalue weighted by Gasteiger charge is -2.24. The molecule has 1 heterocycles. The second-order valence-electron chi connectivity index (χ2n) is 4.58. The van der Waals surface area contributed by atoms with E-state index >= 15 is 0 Å². The normalized spacial score (nSPS) is 13.7. The lowest BCUT2D eigenvalue weighted by Crippen LogP contribution is -2.37. The molecule has 4 nitrogen and oxygen atoms in total. The van der Waals surface area contributed by atoms with Gasteiger partial charge < -0.3 is 14.5 Å². The molecule has 112 valence electrons. The highest BCUT2D eigenvalue weighted by molar-refractivity contribution is 14.1. The zero-order chi connectivity index (χ0) is 15.4. The standard InChI is InChI=1S/C15H15ClINO3/c1-9(18-15(19)12-7-8-21-14(12)17)13(20-2)10-3-5-11(16)6-4-10/h3-9,13H,1-2H3,(H,18,19)/t9-,13-/m1/s1. The van der Waals surface area contributed by atoms with Crippen LogP contribution in [-0.4, -0.2) is 19.1 Å². The van der Waals surface area contributed by atoms with Gasteiger partial charge in [-0.15, -0.1) is 0 Å². The monoisotopic (exact) mass is 419 g/mol. The Labute approximate surface area is 141 Å². The molecular formula is C15H15ClINO3. The smallest absolute Gasteiger partial charge is 0.255 e. The molecule has 0 fully saturated rings. The summed E-state index contributed by atoms with van der Waals surface area (Å²) in [7, 11) is 1.61. The highest BCUT2D eigenvalue weighted by Gasteiger charge is 2.22. The molecule has 21 heavy (non-hydrogen) atoms. The number of rotatable bonds is 5. The second-order valence-corrected chi connectivity index (χ2v) is 5.99. The van der Waals surface area contributed by atoms with Gasteiger partial charge >= 0.3 is 0 Å². The molecule has 0 aliphatic rings. The van der Waals surface area contributed by atoms with Crippen molar-refractivity contribution in [3.8, 4) is 0 Å². The maximum absolute atomic E-state index is 12.2. The van der Waals surface area contributed by atoms with Gasteiger partial charge in [0.1, 0.15) is 6.10 Å². The molecule has 2 rings (SSSR count). The number of methoxy groups -OCH3 is 1. The van der Waals surface area contributed by atoms with Crippen LogP contribution >= 0.6 is 34.2 Å². The summed E-state index contributed by atoms with van der Waals surface area (Å²) in [4.78, 5) is 12.2. The van der Waals surface area contributed by atoms with Gasteiger partial charge in [0.05, 0.1) is 17.9 Å². The summed E-state index contributed by atoms with van der Waals surface area (Å²) in [6.45, 7) is 1.90. The molecule has 0 spiro atoms. The number of furan rings is 1. The first-order valence-corrected chi connectivity index (χ1v) is 7.80. The molecule has 0 saturated heterocycles. The van der Waals surface area contributed by atoms with Crippen molar-refractivity contribution in [2.24, 2.45) is 0 Å². The van der Waals surface area contributed by atoms with Crippen molar-refractivity contribution in [1.82, 2.24) is 5.32 Å². The van der Waals surface area contributed by atoms with E-state index in [0.717, 1.165) is 5.56 Å². The number of halogens is 2. The van der Waals surface area contributed by atoms with Crippen LogP contribution in [-0.2, 0) is 4.74 Å². The van der Waals surface area contributed by atoms with Gasteiger partial charge in [-0.05, 0) is 30.7 Å². The molecule has 1 N–H and O–H groups in total. The Bertz CT molecular complexity index is 612. The molecule has 0 saturated carbocycles. The third-order valence-electron chi connectivity index (χ3n) is 3.13. The SMILES string of the molecule is CO[C@@H](c1ccc(Cl)cc1)[C@@H](C)NC(=O)c1ccoc1I. The molecule has 0 radical (unpaired) electrons. The van der Waals surface area contributed by atoms with Crippen molar-refractivity contribution in [2.75, 3.05) is 7.11 Å². The predicted molar refractivity (Wildman–Crippen MR) is 89.6 cm³/mol. The van der Waals surface area contributed by atoms with E-state index in [2.05, 4.69) is 5.32 Å². The first-order chi connectivity index (χ1) is 10.0. The number of hydrogen-bond acceptors (Lipinski definition) is 3. The molecule has 0 unspecified atom stereocenters. The molecule has 2 atom stereocenters. The molecular weight excluding hydrogens is 405 g/mol. The summed E-state index contributed by atoms with van der Waals surface area (Å²) >= 11 is 7.87. The fourth-order valence-electron chi connectivity index (χ4n) is 2.10. The summed E-state index contributed by atoms with van der Waals surface area (Å²) in [6.07, 6.45) is 1.24. The van der Waals surface area contributed by atoms with Gasteiger partial charge in [-0.2, -0.15) is 0 Å². The van der Waals surface area contributed by atoms with Crippen LogP contribution in [0.5, 0.6) is 0 Å². The molecule has 1 aromatic heterocycles. The van der Waals surface area contributed by atoms with Crippen molar-refractivity contribution < 1.29 is 13.9 Å². The predicted octanol–water partition coefficient (Wildman–Crippen LogP) is 4.04. The number of nitrogens with one attached hydrogen (secondary N) is 1. The number of amides is 1. The van der Waals surface area contributed by atoms with Gasteiger partial charge in [-0.3, -0.25) is 4.79 Å². The van der Waals surface area contributed by atoms with Crippen molar-refractivity contribution in [3.05, 3.63) is 56.5 Å². The topological polar surface area (TPSA) is 51.5 Å². The van der Waals surface area contributed by atoms with E-state index < -0.39 is 0 Å². The maximum Gasteiger partial charge on any atom is 0.255 e. The van der Waals surface area contributed by atoms with Crippen LogP contribution in [0.2, 0.25) is 5.02 Å². The number of carbonyl (C=O) groups is 1. The van der Waals surface area contributed by atoms with E-state index in [0.29, 0.717) is 14.4 Å². The molecule has 1 amide bonds. The first-order valence-electron chi connectivity index (χ1n) is 6.35. The van der Waals surface area contributed by atoms with Crippen LogP contribution in [0.3, 0.4) is 0 Å². The van der Waals surface area contributed by atoms with E-state index in [1.807, 2.05) is 41.6 Å². The fourth-order valence-corrected chi connectivity index (χ4v) is 2.79. The fraction of sp³-hybridized carbons (Fsp3) is 0.267. The highest BCUT2D eigenvalue weighted by Crippen LogP contribution is 2.23. The van der Waals surface area contributed by atoms with Crippen LogP contribution in [0.25, 0.3) is 0 Å². The summed E-state index contributed by atoms with van der Waals surface area (Å²) in [6, 6.07) is 8.83. The average Bonchev–Trinajstić information content (AvgIpc) is 2.88. The van der Waals surface area contributed by atoms with E-state index in [-0.39, 0.29) is 18.1 Å². The Balaban J connectivity index is 2.10. The lowest BCUT2D eigenvalue weighted by molar-refractivity contribution is 0.0644. The Morgan fingerprint density at radius 2 is 2.00 bits per heavy atom. The van der Waals surface area contributed by atoms with Crippen LogP contribution in [0.1, 0.15) is 28.9 Å². The Morgan fingerprint density at radius 1 is 1.33 bits per heavy atom. The van der Waals surface area contributed by atoms with E-state index in [1.54, 1.807) is 25.3 Å². The number of carbonyl (C=O) groups excluding carboxylic acids is 1. The Morgan fingerprint density at radius 3 is 2.52 bits per heavy atom. The van der Waals surface area contributed by atoms with Crippen molar-refractivity contribution in [1.29, 1.82) is 0 Å². The Hall–Kier alpha value is -1.05. The zero-order valence-electron chi connectivity index (χ0n) is 11.6. The third kappa shape index (κ3) is 3.99. The van der Waals surface area contributed by atoms with Gasteiger partial charge in [-0.1, -0.05) is 23.7 Å². The lowest BCUT2D eigenvalue weighted by atomic mass is 10.0. The van der Waals surface area contributed by atoms with Crippen LogP contribution in [0, 0.1) is 3.77 Å². The summed E-state index contributed by atoms with van der Waals surface area (Å²) in [5, 5.41) is 3.59. The third-order valence-corrected chi connectivity index (χ3v) is 4.22. The number of ether oxygens (including phenoxy) is 1. The molecule has 0 bridgehead atoms. The summed E-state index contributed by atoms with van der Waals surface area (Å²) in [5.74, 6) is -0.184. The first kappa shape index (κ1) is 16.3. The van der Waals surface area contributed by atoms with E-state index in [4.69, 9.17) is 20.8 Å². The van der Waals surface area contributed by atoms with E-state index in [9.17, 15) is 4.79 Å². The van der Waals surface area contributed by atoms with Crippen molar-refractivity contribution in [3.63, 3.8) is 0 Å².